The summed E-state index contributed by atoms with van der Waals surface area (Å²) in [6.07, 6.45) is 1.60. The third-order valence-corrected chi connectivity index (χ3v) is 5.41. The summed E-state index contributed by atoms with van der Waals surface area (Å²) in [5, 5.41) is 8.89. The number of carboxylic acids is 1. The van der Waals surface area contributed by atoms with Crippen LogP contribution in [0.15, 0.2) is 38.8 Å². The number of carbonyl (C=O) groups is 1. The van der Waals surface area contributed by atoms with E-state index < -0.39 is 9.20 Å². The molecule has 1 aromatic rings. The Bertz CT molecular complexity index is 480. The molecule has 0 unspecified atom stereocenters. The first-order valence-corrected chi connectivity index (χ1v) is 7.68. The molecule has 0 saturated heterocycles. The van der Waals surface area contributed by atoms with Gasteiger partial charge in [-0.1, -0.05) is 44.0 Å². The van der Waals surface area contributed by atoms with Gasteiger partial charge in [0.05, 0.1) is 0 Å². The van der Waals surface area contributed by atoms with Crippen molar-refractivity contribution in [1.82, 2.24) is 0 Å². The fraction of sp³-hybridized carbons (Fsp3) is 0.182. The number of hydrogen-bond donors (Lipinski definition) is 1. The summed E-state index contributed by atoms with van der Waals surface area (Å²) in [6, 6.07) is 5.67. The summed E-state index contributed by atoms with van der Waals surface area (Å²) in [5.41, 5.74) is 1.14. The minimum atomic E-state index is -0.945. The highest BCUT2D eigenvalue weighted by molar-refractivity contribution is 9.25. The molecule has 0 saturated carbocycles. The molecule has 0 aliphatic rings. The topological polar surface area (TPSA) is 37.3 Å². The van der Waals surface area contributed by atoms with Crippen molar-refractivity contribution in [3.63, 3.8) is 0 Å². The predicted octanol–water partition coefficient (Wildman–Crippen LogP) is 5.19. The van der Waals surface area contributed by atoms with E-state index in [4.69, 9.17) is 5.11 Å². The number of halogens is 4. The largest absolute Gasteiger partial charge is 0.478 e. The van der Waals surface area contributed by atoms with Crippen LogP contribution in [0.25, 0.3) is 0 Å². The highest BCUT2D eigenvalue weighted by Gasteiger charge is 2.27. The van der Waals surface area contributed by atoms with Gasteiger partial charge >= 0.3 is 5.97 Å². The van der Waals surface area contributed by atoms with Crippen LogP contribution in [-0.4, -0.2) is 11.1 Å². The average Bonchev–Trinajstić information content (AvgIpc) is 2.21. The maximum atomic E-state index is 10.8. The fourth-order valence-corrected chi connectivity index (χ4v) is 4.00. The Balaban J connectivity index is 3.27. The Morgan fingerprint density at radius 2 is 1.94 bits per heavy atom. The van der Waals surface area contributed by atoms with E-state index in [1.807, 2.05) is 18.2 Å². The molecule has 0 radical (unpaired) electrons. The molecule has 0 atom stereocenters. The van der Waals surface area contributed by atoms with E-state index in [-0.39, 0.29) is 5.57 Å². The molecule has 0 aromatic heterocycles. The number of benzene rings is 1. The van der Waals surface area contributed by atoms with Gasteiger partial charge in [0.25, 0.3) is 0 Å². The molecule has 0 spiro atoms. The van der Waals surface area contributed by atoms with Gasteiger partial charge in [0.15, 0.2) is 0 Å². The molecule has 6 heteroatoms. The lowest BCUT2D eigenvalue weighted by Gasteiger charge is -2.19. The van der Waals surface area contributed by atoms with Crippen molar-refractivity contribution in [3.05, 3.63) is 44.4 Å². The molecule has 2 nitrogen and oxygen atoms in total. The molecular weight excluding hydrogens is 484 g/mol. The van der Waals surface area contributed by atoms with E-state index in [0.717, 1.165) is 14.5 Å². The van der Waals surface area contributed by atoms with Crippen LogP contribution in [0.5, 0.6) is 0 Å². The zero-order valence-electron chi connectivity index (χ0n) is 8.68. The third-order valence-electron chi connectivity index (χ3n) is 2.05. The van der Waals surface area contributed by atoms with Gasteiger partial charge in [0, 0.05) is 14.5 Å². The molecule has 0 heterocycles. The van der Waals surface area contributed by atoms with Crippen molar-refractivity contribution in [2.75, 3.05) is 0 Å². The van der Waals surface area contributed by atoms with Gasteiger partial charge in [-0.05, 0) is 56.5 Å². The van der Waals surface area contributed by atoms with E-state index in [9.17, 15) is 4.79 Å². The van der Waals surface area contributed by atoms with Gasteiger partial charge in [0.1, 0.15) is 3.23 Å². The van der Waals surface area contributed by atoms with Crippen LogP contribution in [0.3, 0.4) is 0 Å². The monoisotopic (exact) mass is 488 g/mol. The first-order chi connectivity index (χ1) is 7.75. The zero-order chi connectivity index (χ0) is 13.2. The van der Waals surface area contributed by atoms with Crippen LogP contribution in [0.1, 0.15) is 12.5 Å². The van der Waals surface area contributed by atoms with Gasteiger partial charge in [-0.2, -0.15) is 0 Å². The quantitative estimate of drug-likeness (QED) is 0.467. The van der Waals surface area contributed by atoms with Crippen LogP contribution in [-0.2, 0) is 8.03 Å². The van der Waals surface area contributed by atoms with Crippen molar-refractivity contribution >= 4 is 69.7 Å². The highest BCUT2D eigenvalue weighted by atomic mass is 79.9. The Morgan fingerprint density at radius 3 is 2.47 bits per heavy atom. The molecule has 0 amide bonds. The number of carboxylic acid groups (broad SMARTS) is 1. The van der Waals surface area contributed by atoms with Gasteiger partial charge in [-0.25, -0.2) is 4.79 Å². The third kappa shape index (κ3) is 3.91. The lowest BCUT2D eigenvalue weighted by molar-refractivity contribution is -0.132. The Hall–Kier alpha value is 0.350. The van der Waals surface area contributed by atoms with Gasteiger partial charge in [0.2, 0.25) is 0 Å². The minimum absolute atomic E-state index is 0.255. The van der Waals surface area contributed by atoms with E-state index in [1.165, 1.54) is 0 Å². The second-order valence-corrected chi connectivity index (χ2v) is 8.57. The number of hydrogen-bond acceptors (Lipinski definition) is 1. The normalized spacial score (nSPS) is 12.6. The van der Waals surface area contributed by atoms with Crippen LogP contribution in [0, 0.1) is 0 Å². The molecule has 1 rings (SSSR count). The second-order valence-electron chi connectivity index (χ2n) is 3.36. The fourth-order valence-electron chi connectivity index (χ4n) is 1.17. The summed E-state index contributed by atoms with van der Waals surface area (Å²) >= 11 is 13.8. The number of rotatable bonds is 3. The summed E-state index contributed by atoms with van der Waals surface area (Å²) in [4.78, 5) is 10.8. The molecule has 92 valence electrons. The summed E-state index contributed by atoms with van der Waals surface area (Å²) < 4.78 is 1.05. The molecule has 0 aliphatic heterocycles. The van der Waals surface area contributed by atoms with Crippen LogP contribution in [0.4, 0.5) is 0 Å². The Labute approximate surface area is 133 Å². The number of aliphatic carboxylic acids is 1. The Morgan fingerprint density at radius 1 is 1.35 bits per heavy atom. The summed E-state index contributed by atoms with van der Waals surface area (Å²) in [7, 11) is 0. The second kappa shape index (κ2) is 5.99. The first kappa shape index (κ1) is 15.4. The molecule has 0 fully saturated rings. The van der Waals surface area contributed by atoms with Gasteiger partial charge in [-0.15, -0.1) is 0 Å². The van der Waals surface area contributed by atoms with Gasteiger partial charge < -0.3 is 5.11 Å². The number of allylic oxidation sites excluding steroid dienone is 1. The van der Waals surface area contributed by atoms with E-state index in [0.29, 0.717) is 0 Å². The summed E-state index contributed by atoms with van der Waals surface area (Å²) in [6.45, 7) is 1.55. The minimum Gasteiger partial charge on any atom is -0.478 e. The van der Waals surface area contributed by atoms with E-state index in [1.54, 1.807) is 13.0 Å². The first-order valence-electron chi connectivity index (χ1n) is 4.51. The SMILES string of the molecule is CC(=CC(Br)(Br)c1cccc(Br)c1Br)C(=O)O. The molecule has 0 aliphatic carbocycles. The molecule has 17 heavy (non-hydrogen) atoms. The van der Waals surface area contributed by atoms with Gasteiger partial charge in [-0.3, -0.25) is 0 Å². The van der Waals surface area contributed by atoms with E-state index in [2.05, 4.69) is 63.7 Å². The molecule has 1 aromatic carbocycles. The summed E-state index contributed by atoms with van der Waals surface area (Å²) in [5.74, 6) is -0.945. The Kier molecular flexibility index (Phi) is 5.43. The van der Waals surface area contributed by atoms with Crippen molar-refractivity contribution in [2.24, 2.45) is 0 Å². The standard InChI is InChI=1S/C11H8Br4O2/c1-6(10(16)17)5-11(14,15)7-3-2-4-8(12)9(7)13/h2-5H,1H3,(H,16,17). The molecule has 1 N–H and O–H groups in total. The maximum Gasteiger partial charge on any atom is 0.331 e. The maximum absolute atomic E-state index is 10.8. The lowest BCUT2D eigenvalue weighted by Crippen LogP contribution is -2.09. The molecule has 0 bridgehead atoms. The smallest absolute Gasteiger partial charge is 0.331 e. The lowest BCUT2D eigenvalue weighted by atomic mass is 10.1. The van der Waals surface area contributed by atoms with E-state index >= 15 is 0 Å². The number of alkyl halides is 2. The van der Waals surface area contributed by atoms with Crippen molar-refractivity contribution in [1.29, 1.82) is 0 Å². The van der Waals surface area contributed by atoms with Crippen LogP contribution in [0.2, 0.25) is 0 Å². The molecular formula is C11H8Br4O2. The van der Waals surface area contributed by atoms with Crippen LogP contribution < -0.4 is 0 Å². The van der Waals surface area contributed by atoms with Crippen molar-refractivity contribution in [3.8, 4) is 0 Å². The van der Waals surface area contributed by atoms with Crippen molar-refractivity contribution < 1.29 is 9.90 Å². The van der Waals surface area contributed by atoms with Crippen molar-refractivity contribution in [2.45, 2.75) is 10.2 Å². The zero-order valence-corrected chi connectivity index (χ0v) is 15.0. The van der Waals surface area contributed by atoms with Crippen LogP contribution >= 0.6 is 63.7 Å². The highest BCUT2D eigenvalue weighted by Crippen LogP contribution is 2.45. The predicted molar refractivity (Wildman–Crippen MR) is 82.8 cm³/mol. The average molecular weight is 492 g/mol.